The number of hydrogen-bond donors (Lipinski definition) is 1. The second kappa shape index (κ2) is 4.64. The minimum atomic E-state index is -1.33. The Bertz CT molecular complexity index is 239. The molecule has 1 aromatic carbocycles. The molecule has 70 valence electrons. The van der Waals surface area contributed by atoms with Gasteiger partial charge in [0.25, 0.3) is 0 Å². The molecule has 0 bridgehead atoms. The fourth-order valence-electron chi connectivity index (χ4n) is 0.543. The molecule has 0 atom stereocenters. The van der Waals surface area contributed by atoms with Crippen molar-refractivity contribution in [2.75, 3.05) is 5.73 Å². The van der Waals surface area contributed by atoms with Crippen LogP contribution in [-0.4, -0.2) is 0 Å². The lowest BCUT2D eigenvalue weighted by Crippen LogP contribution is -1.97. The average Bonchev–Trinajstić information content (AvgIpc) is 2.12. The number of nitrogens with two attached hydrogens (primary N) is 1. The Labute approximate surface area is 70.5 Å². The molecule has 0 aliphatic rings. The minimum absolute atomic E-state index is 0. The molecule has 0 amide bonds. The van der Waals surface area contributed by atoms with E-state index in [1.807, 2.05) is 13.8 Å². The first-order valence-electron chi connectivity index (χ1n) is 3.52. The lowest BCUT2D eigenvalue weighted by Gasteiger charge is -1.97. The van der Waals surface area contributed by atoms with E-state index in [-0.39, 0.29) is 1.43 Å². The number of halogens is 3. The summed E-state index contributed by atoms with van der Waals surface area (Å²) in [5.41, 5.74) is 4.01. The summed E-state index contributed by atoms with van der Waals surface area (Å²) >= 11 is 0. The highest BCUT2D eigenvalue weighted by atomic mass is 19.2. The van der Waals surface area contributed by atoms with Gasteiger partial charge in [0.05, 0.1) is 0 Å². The Morgan fingerprint density at radius 3 is 1.92 bits per heavy atom. The largest absolute Gasteiger partial charge is 0.394 e. The molecule has 1 nitrogen and oxygen atoms in total. The van der Waals surface area contributed by atoms with Crippen molar-refractivity contribution >= 4 is 5.69 Å². The van der Waals surface area contributed by atoms with Gasteiger partial charge in [-0.2, -0.15) is 0 Å². The Morgan fingerprint density at radius 2 is 1.50 bits per heavy atom. The third-order valence-corrected chi connectivity index (χ3v) is 1.08. The van der Waals surface area contributed by atoms with Gasteiger partial charge in [-0.1, -0.05) is 13.8 Å². The van der Waals surface area contributed by atoms with Crippen LogP contribution >= 0.6 is 0 Å². The normalized spacial score (nSPS) is 8.75. The SMILES string of the molecule is CC.Nc1c(F)ccc(F)c1F.[HH]. The molecule has 0 heterocycles. The van der Waals surface area contributed by atoms with Crippen LogP contribution in [0.1, 0.15) is 15.3 Å². The van der Waals surface area contributed by atoms with Crippen LogP contribution in [-0.2, 0) is 0 Å². The summed E-state index contributed by atoms with van der Waals surface area (Å²) < 4.78 is 36.6. The predicted octanol–water partition coefficient (Wildman–Crippen LogP) is 2.96. The van der Waals surface area contributed by atoms with Gasteiger partial charge in [-0.05, 0) is 12.1 Å². The van der Waals surface area contributed by atoms with Crippen molar-refractivity contribution in [3.8, 4) is 0 Å². The Morgan fingerprint density at radius 1 is 1.08 bits per heavy atom. The van der Waals surface area contributed by atoms with Crippen LogP contribution in [0.5, 0.6) is 0 Å². The van der Waals surface area contributed by atoms with E-state index < -0.39 is 23.1 Å². The number of rotatable bonds is 0. The van der Waals surface area contributed by atoms with Crippen LogP contribution in [0.2, 0.25) is 0 Å². The number of benzene rings is 1. The average molecular weight is 179 g/mol. The lowest BCUT2D eigenvalue weighted by molar-refractivity contribution is 0.500. The highest BCUT2D eigenvalue weighted by Gasteiger charge is 2.08. The first-order valence-corrected chi connectivity index (χ1v) is 3.52. The van der Waals surface area contributed by atoms with Crippen molar-refractivity contribution < 1.29 is 14.6 Å². The Hall–Kier alpha value is -1.19. The van der Waals surface area contributed by atoms with E-state index in [1.54, 1.807) is 0 Å². The Kier molecular flexibility index (Phi) is 4.18. The van der Waals surface area contributed by atoms with Gasteiger partial charge in [0.15, 0.2) is 11.6 Å². The van der Waals surface area contributed by atoms with Gasteiger partial charge in [0, 0.05) is 1.43 Å². The fourth-order valence-corrected chi connectivity index (χ4v) is 0.543. The molecule has 0 saturated carbocycles. The highest BCUT2D eigenvalue weighted by Crippen LogP contribution is 2.16. The maximum Gasteiger partial charge on any atom is 0.184 e. The minimum Gasteiger partial charge on any atom is -0.394 e. The van der Waals surface area contributed by atoms with Crippen molar-refractivity contribution in [3.05, 3.63) is 29.6 Å². The first kappa shape index (κ1) is 10.8. The summed E-state index contributed by atoms with van der Waals surface area (Å²) in [5, 5.41) is 0. The van der Waals surface area contributed by atoms with Gasteiger partial charge in [0.1, 0.15) is 11.5 Å². The quantitative estimate of drug-likeness (QED) is 0.481. The summed E-state index contributed by atoms with van der Waals surface area (Å²) in [6.45, 7) is 4.00. The second-order valence-corrected chi connectivity index (χ2v) is 1.76. The molecule has 12 heavy (non-hydrogen) atoms. The Balaban J connectivity index is 0. The van der Waals surface area contributed by atoms with E-state index in [1.165, 1.54) is 0 Å². The first-order chi connectivity index (χ1) is 5.63. The fraction of sp³-hybridized carbons (Fsp3) is 0.250. The van der Waals surface area contributed by atoms with Gasteiger partial charge in [-0.15, -0.1) is 0 Å². The zero-order valence-corrected chi connectivity index (χ0v) is 6.87. The van der Waals surface area contributed by atoms with Gasteiger partial charge < -0.3 is 5.73 Å². The standard InChI is InChI=1S/C6H4F3N.C2H6.H2/c7-3-1-2-4(8)6(10)5(3)9;1-2;/h1-2H,10H2;1-2H3;1H. The predicted molar refractivity (Wildman–Crippen MR) is 44.2 cm³/mol. The van der Waals surface area contributed by atoms with Crippen molar-refractivity contribution in [1.82, 2.24) is 0 Å². The van der Waals surface area contributed by atoms with Crippen molar-refractivity contribution in [3.63, 3.8) is 0 Å². The van der Waals surface area contributed by atoms with E-state index in [0.717, 1.165) is 6.07 Å². The van der Waals surface area contributed by atoms with Crippen LogP contribution in [0.15, 0.2) is 12.1 Å². The molecule has 0 spiro atoms. The molecular formula is C8H12F3N. The highest BCUT2D eigenvalue weighted by molar-refractivity contribution is 5.41. The van der Waals surface area contributed by atoms with Crippen LogP contribution < -0.4 is 5.73 Å². The zero-order valence-electron chi connectivity index (χ0n) is 6.87. The smallest absolute Gasteiger partial charge is 0.184 e. The molecule has 0 unspecified atom stereocenters. The maximum atomic E-state index is 12.3. The van der Waals surface area contributed by atoms with Crippen molar-refractivity contribution in [2.24, 2.45) is 0 Å². The van der Waals surface area contributed by atoms with E-state index in [0.29, 0.717) is 6.07 Å². The van der Waals surface area contributed by atoms with E-state index in [4.69, 9.17) is 5.73 Å². The summed E-state index contributed by atoms with van der Waals surface area (Å²) in [6.07, 6.45) is 0. The van der Waals surface area contributed by atoms with Crippen LogP contribution in [0.4, 0.5) is 18.9 Å². The molecule has 4 heteroatoms. The van der Waals surface area contributed by atoms with Crippen molar-refractivity contribution in [2.45, 2.75) is 13.8 Å². The molecule has 1 rings (SSSR count). The summed E-state index contributed by atoms with van der Waals surface area (Å²) in [7, 11) is 0. The topological polar surface area (TPSA) is 26.0 Å². The number of nitrogen functional groups attached to an aromatic ring is 1. The molecule has 0 saturated heterocycles. The van der Waals surface area contributed by atoms with Gasteiger partial charge in [0.2, 0.25) is 0 Å². The lowest BCUT2D eigenvalue weighted by atomic mass is 10.3. The zero-order chi connectivity index (χ0) is 9.72. The molecular weight excluding hydrogens is 167 g/mol. The third-order valence-electron chi connectivity index (χ3n) is 1.08. The van der Waals surface area contributed by atoms with Crippen LogP contribution in [0.25, 0.3) is 0 Å². The molecule has 2 N–H and O–H groups in total. The van der Waals surface area contributed by atoms with Crippen molar-refractivity contribution in [1.29, 1.82) is 0 Å². The molecule has 0 fully saturated rings. The van der Waals surface area contributed by atoms with Gasteiger partial charge >= 0.3 is 0 Å². The monoisotopic (exact) mass is 179 g/mol. The third kappa shape index (κ3) is 2.15. The van der Waals surface area contributed by atoms with Gasteiger partial charge in [-0.3, -0.25) is 0 Å². The van der Waals surface area contributed by atoms with E-state index >= 15 is 0 Å². The summed E-state index contributed by atoms with van der Waals surface area (Å²) in [5.74, 6) is -3.42. The molecule has 0 aliphatic carbocycles. The van der Waals surface area contributed by atoms with E-state index in [2.05, 4.69) is 0 Å². The molecule has 0 radical (unpaired) electrons. The maximum absolute atomic E-state index is 12.3. The molecule has 0 aliphatic heterocycles. The number of hydrogen-bond acceptors (Lipinski definition) is 1. The molecule has 1 aromatic rings. The van der Waals surface area contributed by atoms with E-state index in [9.17, 15) is 13.2 Å². The van der Waals surface area contributed by atoms with Gasteiger partial charge in [-0.25, -0.2) is 13.2 Å². The van der Waals surface area contributed by atoms with Crippen LogP contribution in [0.3, 0.4) is 0 Å². The second-order valence-electron chi connectivity index (χ2n) is 1.76. The summed E-state index contributed by atoms with van der Waals surface area (Å²) in [6, 6.07) is 1.45. The van der Waals surface area contributed by atoms with Crippen LogP contribution in [0, 0.1) is 17.5 Å². The number of anilines is 1. The molecule has 0 aromatic heterocycles. The summed E-state index contributed by atoms with van der Waals surface area (Å²) in [4.78, 5) is 0.